The van der Waals surface area contributed by atoms with Gasteiger partial charge in [0.25, 0.3) is 0 Å². The van der Waals surface area contributed by atoms with E-state index in [1.807, 2.05) is 10.8 Å². The first-order chi connectivity index (χ1) is 10.3. The highest BCUT2D eigenvalue weighted by molar-refractivity contribution is 8.69. The molecule has 2 saturated carbocycles. The number of hydrogen-bond donors (Lipinski definition) is 1. The van der Waals surface area contributed by atoms with Gasteiger partial charge in [0.05, 0.1) is 0 Å². The normalized spacial score (nSPS) is 35.2. The van der Waals surface area contributed by atoms with Crippen molar-refractivity contribution >= 4 is 22.5 Å². The molecule has 0 bridgehead atoms. The Balaban J connectivity index is 2.31. The Morgan fingerprint density at radius 1 is 0.773 bits per heavy atom. The van der Waals surface area contributed by atoms with E-state index in [0.717, 1.165) is 23.7 Å². The topological polar surface area (TPSA) is 0 Å². The lowest BCUT2D eigenvalue weighted by atomic mass is 9.55. The molecule has 0 heterocycles. The fourth-order valence-electron chi connectivity index (χ4n) is 5.50. The molecule has 0 nitrogen and oxygen atoms in total. The first-order valence-electron chi connectivity index (χ1n) is 9.60. The molecule has 130 valence electrons. The number of hydrogen-bond acceptors (Lipinski definition) is 2. The number of rotatable bonds is 2. The minimum Gasteiger partial charge on any atom is -0.111 e. The average Bonchev–Trinajstić information content (AvgIpc) is 2.56. The van der Waals surface area contributed by atoms with Crippen molar-refractivity contribution in [3.8, 4) is 0 Å². The molecule has 0 saturated heterocycles. The molecule has 2 aliphatic carbocycles. The maximum Gasteiger partial charge on any atom is 0.0238 e. The summed E-state index contributed by atoms with van der Waals surface area (Å²) in [4.78, 5) is 0. The molecular weight excluding hydrogens is 304 g/mol. The van der Waals surface area contributed by atoms with Gasteiger partial charge in [0.2, 0.25) is 0 Å². The summed E-state index contributed by atoms with van der Waals surface area (Å²) in [7, 11) is 1.82. The van der Waals surface area contributed by atoms with Crippen LogP contribution in [0.4, 0.5) is 0 Å². The molecule has 4 unspecified atom stereocenters. The van der Waals surface area contributed by atoms with Crippen molar-refractivity contribution < 1.29 is 0 Å². The van der Waals surface area contributed by atoms with E-state index in [1.165, 1.54) is 57.8 Å². The molecule has 0 aromatic heterocycles. The first kappa shape index (κ1) is 19.0. The van der Waals surface area contributed by atoms with Gasteiger partial charge in [-0.3, -0.25) is 0 Å². The second-order valence-corrected chi connectivity index (χ2v) is 11.3. The van der Waals surface area contributed by atoms with E-state index < -0.39 is 0 Å². The Kier molecular flexibility index (Phi) is 6.68. The van der Waals surface area contributed by atoms with Crippen LogP contribution in [0.25, 0.3) is 0 Å². The lowest BCUT2D eigenvalue weighted by Gasteiger charge is -2.54. The molecule has 2 rings (SSSR count). The van der Waals surface area contributed by atoms with Crippen molar-refractivity contribution in [2.24, 2.45) is 29.1 Å². The van der Waals surface area contributed by atoms with Gasteiger partial charge >= 0.3 is 0 Å². The SMILES string of the molecule is CC(C)(C)C1CCC2CCCCCCCC2C1C(C)(C)SS. The fraction of sp³-hybridized carbons (Fsp3) is 1.00. The Morgan fingerprint density at radius 3 is 1.95 bits per heavy atom. The highest BCUT2D eigenvalue weighted by Crippen LogP contribution is 2.57. The van der Waals surface area contributed by atoms with Crippen LogP contribution in [0.2, 0.25) is 0 Å². The van der Waals surface area contributed by atoms with Crippen LogP contribution in [0, 0.1) is 29.1 Å². The van der Waals surface area contributed by atoms with Crippen LogP contribution in [0.5, 0.6) is 0 Å². The number of thiol groups is 1. The highest BCUT2D eigenvalue weighted by Gasteiger charge is 2.49. The molecule has 0 spiro atoms. The lowest BCUT2D eigenvalue weighted by molar-refractivity contribution is -0.00126. The van der Waals surface area contributed by atoms with Gasteiger partial charge in [0, 0.05) is 4.75 Å². The third-order valence-corrected chi connectivity index (χ3v) is 8.77. The molecule has 4 atom stereocenters. The van der Waals surface area contributed by atoms with E-state index in [2.05, 4.69) is 34.6 Å². The van der Waals surface area contributed by atoms with Gasteiger partial charge in [0.15, 0.2) is 0 Å². The Labute approximate surface area is 148 Å². The summed E-state index contributed by atoms with van der Waals surface area (Å²) < 4.78 is 0.290. The van der Waals surface area contributed by atoms with Gasteiger partial charge in [-0.1, -0.05) is 70.1 Å². The van der Waals surface area contributed by atoms with Crippen LogP contribution in [0.1, 0.15) is 92.4 Å². The second kappa shape index (κ2) is 7.72. The van der Waals surface area contributed by atoms with Gasteiger partial charge in [-0.2, -0.15) is 0 Å². The van der Waals surface area contributed by atoms with E-state index in [4.69, 9.17) is 11.7 Å². The summed E-state index contributed by atoms with van der Waals surface area (Å²) >= 11 is 4.69. The smallest absolute Gasteiger partial charge is 0.0238 e. The first-order valence-corrected chi connectivity index (χ1v) is 11.5. The molecular formula is C20H38S2. The largest absolute Gasteiger partial charge is 0.111 e. The van der Waals surface area contributed by atoms with Gasteiger partial charge in [0.1, 0.15) is 0 Å². The van der Waals surface area contributed by atoms with Crippen molar-refractivity contribution in [1.82, 2.24) is 0 Å². The Morgan fingerprint density at radius 2 is 1.36 bits per heavy atom. The molecule has 0 aliphatic heterocycles. The molecule has 2 heteroatoms. The van der Waals surface area contributed by atoms with Crippen LogP contribution in [-0.2, 0) is 0 Å². The van der Waals surface area contributed by atoms with E-state index >= 15 is 0 Å². The maximum absolute atomic E-state index is 4.69. The Hall–Kier alpha value is 0.700. The summed E-state index contributed by atoms with van der Waals surface area (Å²) in [6, 6.07) is 0. The third-order valence-electron chi connectivity index (χ3n) is 6.61. The van der Waals surface area contributed by atoms with Crippen LogP contribution in [0.15, 0.2) is 0 Å². The van der Waals surface area contributed by atoms with Gasteiger partial charge in [-0.15, -0.1) is 11.7 Å². The lowest BCUT2D eigenvalue weighted by Crippen LogP contribution is -2.48. The summed E-state index contributed by atoms with van der Waals surface area (Å²) in [5.41, 5.74) is 0.425. The standard InChI is InChI=1S/C20H38S2/c1-19(2,3)17-14-13-15-11-9-7-6-8-10-12-16(15)18(17)20(4,5)22-21/h15-18,21H,6-14H2,1-5H3. The van der Waals surface area contributed by atoms with Crippen LogP contribution in [-0.4, -0.2) is 4.75 Å². The van der Waals surface area contributed by atoms with Crippen molar-refractivity contribution in [2.75, 3.05) is 0 Å². The van der Waals surface area contributed by atoms with Gasteiger partial charge in [-0.25, -0.2) is 0 Å². The third kappa shape index (κ3) is 4.41. The maximum atomic E-state index is 4.69. The zero-order chi connectivity index (χ0) is 16.4. The molecule has 0 N–H and O–H groups in total. The van der Waals surface area contributed by atoms with E-state index in [0.29, 0.717) is 10.2 Å². The quantitative estimate of drug-likeness (QED) is 0.403. The summed E-state index contributed by atoms with van der Waals surface area (Å²) in [5.74, 6) is 3.60. The summed E-state index contributed by atoms with van der Waals surface area (Å²) in [6.07, 6.45) is 13.2. The van der Waals surface area contributed by atoms with Crippen molar-refractivity contribution in [1.29, 1.82) is 0 Å². The van der Waals surface area contributed by atoms with Gasteiger partial charge in [-0.05, 0) is 62.2 Å². The molecule has 2 fully saturated rings. The number of fused-ring (bicyclic) bond motifs is 1. The molecule has 0 aromatic rings. The monoisotopic (exact) mass is 342 g/mol. The van der Waals surface area contributed by atoms with Crippen molar-refractivity contribution in [3.05, 3.63) is 0 Å². The minimum atomic E-state index is 0.290. The zero-order valence-corrected chi connectivity index (χ0v) is 17.2. The van der Waals surface area contributed by atoms with Crippen LogP contribution < -0.4 is 0 Å². The molecule has 2 aliphatic rings. The summed E-state index contributed by atoms with van der Waals surface area (Å²) in [6.45, 7) is 12.3. The van der Waals surface area contributed by atoms with Crippen LogP contribution in [0.3, 0.4) is 0 Å². The van der Waals surface area contributed by atoms with E-state index in [-0.39, 0.29) is 0 Å². The summed E-state index contributed by atoms with van der Waals surface area (Å²) in [5, 5.41) is 0. The fourth-order valence-corrected chi connectivity index (χ4v) is 6.33. The highest BCUT2D eigenvalue weighted by atomic mass is 33.1. The molecule has 0 amide bonds. The van der Waals surface area contributed by atoms with Crippen molar-refractivity contribution in [2.45, 2.75) is 97.2 Å². The van der Waals surface area contributed by atoms with Crippen molar-refractivity contribution in [3.63, 3.8) is 0 Å². The Bertz CT molecular complexity index is 342. The molecule has 0 radical (unpaired) electrons. The predicted molar refractivity (Wildman–Crippen MR) is 106 cm³/mol. The second-order valence-electron chi connectivity index (χ2n) is 9.54. The van der Waals surface area contributed by atoms with Gasteiger partial charge < -0.3 is 0 Å². The molecule has 0 aromatic carbocycles. The average molecular weight is 343 g/mol. The van der Waals surface area contributed by atoms with E-state index in [1.54, 1.807) is 0 Å². The minimum absolute atomic E-state index is 0.290. The predicted octanol–water partition coefficient (Wildman–Crippen LogP) is 7.39. The van der Waals surface area contributed by atoms with Crippen LogP contribution >= 0.6 is 22.5 Å². The molecule has 22 heavy (non-hydrogen) atoms. The van der Waals surface area contributed by atoms with E-state index in [9.17, 15) is 0 Å². The zero-order valence-electron chi connectivity index (χ0n) is 15.5.